The van der Waals surface area contributed by atoms with Gasteiger partial charge in [0, 0.05) is 16.7 Å². The Labute approximate surface area is 207 Å². The number of nitrogens with one attached hydrogen (secondary N) is 2. The number of hydrogen-bond donors (Lipinski definition) is 2. The molecule has 11 heteroatoms. The van der Waals surface area contributed by atoms with Gasteiger partial charge in [0.1, 0.15) is 29.1 Å². The second kappa shape index (κ2) is 10.4. The monoisotopic (exact) mass is 524 g/mol. The summed E-state index contributed by atoms with van der Waals surface area (Å²) in [5.74, 6) is -1.37. The minimum Gasteiger partial charge on any atom is -0.495 e. The molecule has 2 amide bonds. The molecule has 0 aromatic heterocycles. The van der Waals surface area contributed by atoms with E-state index in [1.54, 1.807) is 0 Å². The van der Waals surface area contributed by atoms with Gasteiger partial charge in [-0.1, -0.05) is 30.3 Å². The van der Waals surface area contributed by atoms with Crippen molar-refractivity contribution in [3.05, 3.63) is 53.8 Å². The molecule has 2 fully saturated rings. The van der Waals surface area contributed by atoms with Crippen molar-refractivity contribution in [1.29, 1.82) is 0 Å². The van der Waals surface area contributed by atoms with Gasteiger partial charge < -0.3 is 20.1 Å². The fourth-order valence-electron chi connectivity index (χ4n) is 4.31. The maximum absolute atomic E-state index is 14.7. The summed E-state index contributed by atoms with van der Waals surface area (Å²) >= 11 is 0. The zero-order valence-electron chi connectivity index (χ0n) is 19.0. The summed E-state index contributed by atoms with van der Waals surface area (Å²) in [7, 11) is 2.29. The molecule has 2 aromatic carbocycles. The Morgan fingerprint density at radius 1 is 1.11 bits per heavy atom. The zero-order valence-corrected chi connectivity index (χ0v) is 20.6. The van der Waals surface area contributed by atoms with Crippen LogP contribution in [0, 0.1) is 23.6 Å². The lowest BCUT2D eigenvalue weighted by Crippen LogP contribution is -2.50. The number of hydrogen-bond acceptors (Lipinski definition) is 6. The molecule has 0 aliphatic heterocycles. The Hall–Kier alpha value is -2.85. The number of anilines is 1. The maximum Gasteiger partial charge on any atom is 0.408 e. The smallest absolute Gasteiger partial charge is 0.408 e. The fraction of sp³-hybridized carbons (Fsp3) is 0.417. The Morgan fingerprint density at radius 2 is 1.74 bits per heavy atom. The Balaban J connectivity index is 1.53. The van der Waals surface area contributed by atoms with E-state index in [2.05, 4.69) is 10.6 Å². The van der Waals surface area contributed by atoms with Crippen molar-refractivity contribution in [3.63, 3.8) is 0 Å². The molecule has 0 unspecified atom stereocenters. The van der Waals surface area contributed by atoms with E-state index in [1.807, 2.05) is 30.3 Å². The molecule has 0 saturated heterocycles. The lowest BCUT2D eigenvalue weighted by atomic mass is 9.88. The molecule has 188 valence electrons. The molecule has 0 spiro atoms. The summed E-state index contributed by atoms with van der Waals surface area (Å²) in [5, 5.41) is 5.18. The van der Waals surface area contributed by atoms with Crippen molar-refractivity contribution in [2.24, 2.45) is 17.8 Å². The van der Waals surface area contributed by atoms with Gasteiger partial charge in [0.2, 0.25) is 5.91 Å². The average molecular weight is 525 g/mol. The van der Waals surface area contributed by atoms with Crippen molar-refractivity contribution in [2.75, 3.05) is 12.4 Å². The van der Waals surface area contributed by atoms with Gasteiger partial charge in [-0.2, -0.15) is 0 Å². The van der Waals surface area contributed by atoms with E-state index in [0.717, 1.165) is 37.3 Å². The SMILES string of the molecule is COc1cc(NC(=O)[C@@H](NC(=O)OCc2ccccc2)C(C2CC2)C2CC2)c(F)cc1S(=O)(=O)Cl. The molecule has 4 rings (SSSR count). The van der Waals surface area contributed by atoms with Gasteiger partial charge in [-0.15, -0.1) is 0 Å². The van der Waals surface area contributed by atoms with Gasteiger partial charge in [-0.3, -0.25) is 4.79 Å². The summed E-state index contributed by atoms with van der Waals surface area (Å²) in [6.07, 6.45) is 3.07. The number of alkyl carbamates (subject to hydrolysis) is 1. The largest absolute Gasteiger partial charge is 0.495 e. The van der Waals surface area contributed by atoms with Crippen LogP contribution in [-0.2, 0) is 25.2 Å². The lowest BCUT2D eigenvalue weighted by molar-refractivity contribution is -0.119. The summed E-state index contributed by atoms with van der Waals surface area (Å²) in [6, 6.07) is 9.93. The summed E-state index contributed by atoms with van der Waals surface area (Å²) in [5.41, 5.74) is 0.513. The number of carbonyl (C=O) groups excluding carboxylic acids is 2. The van der Waals surface area contributed by atoms with Crippen LogP contribution in [0.2, 0.25) is 0 Å². The number of benzene rings is 2. The molecule has 1 atom stereocenters. The normalized spacial score (nSPS) is 16.5. The van der Waals surface area contributed by atoms with Crippen LogP contribution in [-0.4, -0.2) is 33.6 Å². The van der Waals surface area contributed by atoms with Crippen molar-refractivity contribution < 1.29 is 31.9 Å². The van der Waals surface area contributed by atoms with Crippen LogP contribution in [0.4, 0.5) is 14.9 Å². The lowest BCUT2D eigenvalue weighted by Gasteiger charge is -2.27. The van der Waals surface area contributed by atoms with Gasteiger partial charge in [0.25, 0.3) is 9.05 Å². The number of amides is 2. The van der Waals surface area contributed by atoms with E-state index < -0.39 is 37.8 Å². The molecule has 2 N–H and O–H groups in total. The van der Waals surface area contributed by atoms with Crippen LogP contribution in [0.5, 0.6) is 5.75 Å². The molecule has 35 heavy (non-hydrogen) atoms. The van der Waals surface area contributed by atoms with Gasteiger partial charge in [-0.05, 0) is 55.1 Å². The summed E-state index contributed by atoms with van der Waals surface area (Å²) < 4.78 is 48.5. The molecular weight excluding hydrogens is 499 g/mol. The first kappa shape index (κ1) is 25.2. The van der Waals surface area contributed by atoms with Crippen LogP contribution in [0.1, 0.15) is 31.2 Å². The fourth-order valence-corrected chi connectivity index (χ4v) is 5.30. The summed E-state index contributed by atoms with van der Waals surface area (Å²) in [4.78, 5) is 25.4. The van der Waals surface area contributed by atoms with Crippen LogP contribution < -0.4 is 15.4 Å². The zero-order chi connectivity index (χ0) is 25.2. The predicted molar refractivity (Wildman–Crippen MR) is 127 cm³/mol. The number of carbonyl (C=O) groups is 2. The molecule has 0 heterocycles. The van der Waals surface area contributed by atoms with Crippen molar-refractivity contribution in [3.8, 4) is 5.75 Å². The Bertz CT molecular complexity index is 1190. The minimum atomic E-state index is -4.27. The third-order valence-electron chi connectivity index (χ3n) is 6.26. The summed E-state index contributed by atoms with van der Waals surface area (Å²) in [6.45, 7) is 0.0404. The first-order valence-electron chi connectivity index (χ1n) is 11.3. The van der Waals surface area contributed by atoms with E-state index >= 15 is 0 Å². The van der Waals surface area contributed by atoms with Crippen LogP contribution >= 0.6 is 10.7 Å². The first-order valence-corrected chi connectivity index (χ1v) is 13.6. The van der Waals surface area contributed by atoms with E-state index in [1.165, 1.54) is 7.11 Å². The third kappa shape index (κ3) is 6.43. The minimum absolute atomic E-state index is 0.0404. The number of halogens is 2. The van der Waals surface area contributed by atoms with Gasteiger partial charge in [-0.25, -0.2) is 17.6 Å². The molecule has 2 saturated carbocycles. The predicted octanol–water partition coefficient (Wildman–Crippen LogP) is 4.43. The quantitative estimate of drug-likeness (QED) is 0.445. The topological polar surface area (TPSA) is 111 Å². The van der Waals surface area contributed by atoms with Gasteiger partial charge >= 0.3 is 6.09 Å². The number of ether oxygens (including phenoxy) is 2. The highest BCUT2D eigenvalue weighted by Crippen LogP contribution is 2.51. The molecule has 8 nitrogen and oxygen atoms in total. The highest BCUT2D eigenvalue weighted by molar-refractivity contribution is 8.13. The molecule has 2 aromatic rings. The molecule has 0 radical (unpaired) electrons. The van der Waals surface area contributed by atoms with E-state index in [9.17, 15) is 22.4 Å². The highest BCUT2D eigenvalue weighted by atomic mass is 35.7. The first-order chi connectivity index (χ1) is 16.7. The molecule has 2 aliphatic rings. The van der Waals surface area contributed by atoms with Crippen LogP contribution in [0.3, 0.4) is 0 Å². The maximum atomic E-state index is 14.7. The second-order valence-electron chi connectivity index (χ2n) is 8.85. The highest BCUT2D eigenvalue weighted by Gasteiger charge is 2.48. The van der Waals surface area contributed by atoms with E-state index in [0.29, 0.717) is 6.07 Å². The molecular formula is C24H26ClFN2O6S. The van der Waals surface area contributed by atoms with Crippen molar-refractivity contribution in [2.45, 2.75) is 43.2 Å². The molecule has 0 bridgehead atoms. The van der Waals surface area contributed by atoms with Crippen LogP contribution in [0.15, 0.2) is 47.4 Å². The Kier molecular flexibility index (Phi) is 7.51. The number of methoxy groups -OCH3 is 1. The Morgan fingerprint density at radius 3 is 2.29 bits per heavy atom. The van der Waals surface area contributed by atoms with E-state index in [4.69, 9.17) is 20.2 Å². The van der Waals surface area contributed by atoms with Crippen molar-refractivity contribution >= 4 is 37.4 Å². The standard InChI is InChI=1S/C24H26ClFN2O6S/c1-33-19-12-18(17(26)11-20(19)35(25,31)32)27-23(29)22(21(15-7-8-15)16-9-10-16)28-24(30)34-13-14-5-3-2-4-6-14/h2-6,11-12,15-16,21-22H,7-10,13H2,1H3,(H,27,29)(H,28,30)/t22-/m0/s1. The van der Waals surface area contributed by atoms with Crippen molar-refractivity contribution in [1.82, 2.24) is 5.32 Å². The average Bonchev–Trinajstić information content (AvgIpc) is 3.73. The number of rotatable bonds is 10. The van der Waals surface area contributed by atoms with Gasteiger partial charge in [0.15, 0.2) is 0 Å². The van der Waals surface area contributed by atoms with Crippen LogP contribution in [0.25, 0.3) is 0 Å². The van der Waals surface area contributed by atoms with E-state index in [-0.39, 0.29) is 35.8 Å². The third-order valence-corrected chi connectivity index (χ3v) is 7.60. The molecule has 2 aliphatic carbocycles. The second-order valence-corrected chi connectivity index (χ2v) is 11.4. The van der Waals surface area contributed by atoms with Gasteiger partial charge in [0.05, 0.1) is 12.8 Å².